The third kappa shape index (κ3) is 2.16. The van der Waals surface area contributed by atoms with Crippen LogP contribution in [-0.2, 0) is 6.42 Å². The average Bonchev–Trinajstić information content (AvgIpc) is 2.34. The van der Waals surface area contributed by atoms with E-state index in [1.165, 1.54) is 19.3 Å². The Morgan fingerprint density at radius 2 is 1.81 bits per heavy atom. The third-order valence-corrected chi connectivity index (χ3v) is 4.00. The molecule has 0 heteroatoms. The molecule has 0 spiro atoms. The Morgan fingerprint density at radius 1 is 1.12 bits per heavy atom. The molecule has 0 nitrogen and oxygen atoms in total. The van der Waals surface area contributed by atoms with Crippen LogP contribution in [0.3, 0.4) is 0 Å². The van der Waals surface area contributed by atoms with Gasteiger partial charge in [-0.1, -0.05) is 52.0 Å². The summed E-state index contributed by atoms with van der Waals surface area (Å²) >= 11 is 0. The lowest BCUT2D eigenvalue weighted by Crippen LogP contribution is -2.24. The highest BCUT2D eigenvalue weighted by Gasteiger charge is 2.33. The van der Waals surface area contributed by atoms with Gasteiger partial charge in [-0.15, -0.1) is 0 Å². The number of fused-ring (bicyclic) bond motifs is 1. The maximum absolute atomic E-state index is 2.43. The zero-order chi connectivity index (χ0) is 11.8. The van der Waals surface area contributed by atoms with E-state index in [1.54, 1.807) is 11.1 Å². The molecule has 0 saturated heterocycles. The lowest BCUT2D eigenvalue weighted by Gasteiger charge is -2.35. The van der Waals surface area contributed by atoms with Crippen LogP contribution in [0.2, 0.25) is 0 Å². The summed E-state index contributed by atoms with van der Waals surface area (Å²) in [6, 6.07) is 9.07. The minimum absolute atomic E-state index is 0.375. The number of benzene rings is 1. The first kappa shape index (κ1) is 11.7. The van der Waals surface area contributed by atoms with Crippen molar-refractivity contribution in [3.8, 4) is 0 Å². The van der Waals surface area contributed by atoms with Crippen LogP contribution in [0.5, 0.6) is 0 Å². The first-order valence-electron chi connectivity index (χ1n) is 6.58. The van der Waals surface area contributed by atoms with Gasteiger partial charge in [0.25, 0.3) is 0 Å². The van der Waals surface area contributed by atoms with Gasteiger partial charge in [0, 0.05) is 0 Å². The van der Waals surface area contributed by atoms with Crippen LogP contribution in [-0.4, -0.2) is 0 Å². The van der Waals surface area contributed by atoms with Crippen LogP contribution in [0.1, 0.15) is 57.6 Å². The Bertz CT molecular complexity index is 357. The molecule has 1 aromatic rings. The summed E-state index contributed by atoms with van der Waals surface area (Å²) in [4.78, 5) is 0. The molecule has 1 aromatic carbocycles. The van der Waals surface area contributed by atoms with Crippen molar-refractivity contribution in [2.24, 2.45) is 11.3 Å². The molecule has 0 bridgehead atoms. The van der Waals surface area contributed by atoms with E-state index < -0.39 is 0 Å². The molecular weight excluding hydrogens is 192 g/mol. The molecule has 2 rings (SSSR count). The van der Waals surface area contributed by atoms with Crippen molar-refractivity contribution >= 4 is 0 Å². The van der Waals surface area contributed by atoms with Crippen LogP contribution in [0.15, 0.2) is 24.3 Å². The predicted molar refractivity (Wildman–Crippen MR) is 70.7 cm³/mol. The molecule has 0 aliphatic heterocycles. The van der Waals surface area contributed by atoms with E-state index in [1.807, 2.05) is 0 Å². The van der Waals surface area contributed by atoms with Gasteiger partial charge in [0.05, 0.1) is 0 Å². The summed E-state index contributed by atoms with van der Waals surface area (Å²) in [7, 11) is 0. The van der Waals surface area contributed by atoms with Gasteiger partial charge in [-0.05, 0) is 47.6 Å². The van der Waals surface area contributed by atoms with Crippen molar-refractivity contribution in [3.63, 3.8) is 0 Å². The van der Waals surface area contributed by atoms with Gasteiger partial charge in [0.2, 0.25) is 0 Å². The summed E-state index contributed by atoms with van der Waals surface area (Å²) in [6.45, 7) is 9.58. The molecule has 88 valence electrons. The minimum Gasteiger partial charge on any atom is -0.0620 e. The van der Waals surface area contributed by atoms with Crippen molar-refractivity contribution in [1.29, 1.82) is 0 Å². The SMILES string of the molecule is C[C@H]1CCCc2ccccc2C1C(C)(C)C. The van der Waals surface area contributed by atoms with Gasteiger partial charge in [0.1, 0.15) is 0 Å². The Labute approximate surface area is 100 Å². The summed E-state index contributed by atoms with van der Waals surface area (Å²) in [5.41, 5.74) is 3.58. The molecule has 2 atom stereocenters. The normalized spacial score (nSPS) is 26.0. The molecule has 0 fully saturated rings. The van der Waals surface area contributed by atoms with Gasteiger partial charge >= 0.3 is 0 Å². The van der Waals surface area contributed by atoms with Crippen LogP contribution in [0.25, 0.3) is 0 Å². The van der Waals surface area contributed by atoms with Crippen molar-refractivity contribution in [2.75, 3.05) is 0 Å². The van der Waals surface area contributed by atoms with Crippen molar-refractivity contribution < 1.29 is 0 Å². The molecule has 16 heavy (non-hydrogen) atoms. The maximum Gasteiger partial charge on any atom is -0.00848 e. The van der Waals surface area contributed by atoms with Crippen LogP contribution < -0.4 is 0 Å². The molecule has 0 radical (unpaired) electrons. The van der Waals surface area contributed by atoms with Gasteiger partial charge in [-0.25, -0.2) is 0 Å². The minimum atomic E-state index is 0.375. The van der Waals surface area contributed by atoms with E-state index in [0.29, 0.717) is 11.3 Å². The van der Waals surface area contributed by atoms with E-state index in [2.05, 4.69) is 52.0 Å². The zero-order valence-corrected chi connectivity index (χ0v) is 11.1. The first-order chi connectivity index (χ1) is 7.50. The molecule has 1 aliphatic rings. The second-order valence-electron chi connectivity index (χ2n) is 6.41. The third-order valence-electron chi connectivity index (χ3n) is 4.00. The Hall–Kier alpha value is -0.780. The van der Waals surface area contributed by atoms with Crippen LogP contribution in [0.4, 0.5) is 0 Å². The number of hydrogen-bond donors (Lipinski definition) is 0. The van der Waals surface area contributed by atoms with Crippen molar-refractivity contribution in [3.05, 3.63) is 35.4 Å². The van der Waals surface area contributed by atoms with Gasteiger partial charge in [-0.3, -0.25) is 0 Å². The summed E-state index contributed by atoms with van der Waals surface area (Å²) in [5.74, 6) is 1.52. The Morgan fingerprint density at radius 3 is 2.50 bits per heavy atom. The fourth-order valence-corrected chi connectivity index (χ4v) is 3.47. The van der Waals surface area contributed by atoms with E-state index in [9.17, 15) is 0 Å². The monoisotopic (exact) mass is 216 g/mol. The van der Waals surface area contributed by atoms with Gasteiger partial charge in [0.15, 0.2) is 0 Å². The Kier molecular flexibility index (Phi) is 3.10. The second-order valence-corrected chi connectivity index (χ2v) is 6.41. The van der Waals surface area contributed by atoms with Crippen LogP contribution >= 0.6 is 0 Å². The Balaban J connectivity index is 2.48. The number of aryl methyl sites for hydroxylation is 1. The van der Waals surface area contributed by atoms with Crippen molar-refractivity contribution in [1.82, 2.24) is 0 Å². The largest absolute Gasteiger partial charge is 0.0620 e. The summed E-state index contributed by atoms with van der Waals surface area (Å²) in [5, 5.41) is 0. The lowest BCUT2D eigenvalue weighted by atomic mass is 9.69. The standard InChI is InChI=1S/C16H24/c1-12-8-7-10-13-9-5-6-11-14(13)15(12)16(2,3)4/h5-6,9,11-12,15H,7-8,10H2,1-4H3/t12-,15?/m0/s1. The topological polar surface area (TPSA) is 0 Å². The van der Waals surface area contributed by atoms with E-state index in [4.69, 9.17) is 0 Å². The highest BCUT2D eigenvalue weighted by atomic mass is 14.4. The molecular formula is C16H24. The quantitative estimate of drug-likeness (QED) is 0.547. The highest BCUT2D eigenvalue weighted by molar-refractivity contribution is 5.33. The lowest BCUT2D eigenvalue weighted by molar-refractivity contribution is 0.240. The van der Waals surface area contributed by atoms with Gasteiger partial charge < -0.3 is 0 Å². The molecule has 1 unspecified atom stereocenters. The zero-order valence-electron chi connectivity index (χ0n) is 11.1. The first-order valence-corrected chi connectivity index (χ1v) is 6.58. The molecule has 0 N–H and O–H groups in total. The van der Waals surface area contributed by atoms with E-state index in [-0.39, 0.29) is 0 Å². The molecule has 0 heterocycles. The maximum atomic E-state index is 2.43. The molecule has 0 aromatic heterocycles. The number of hydrogen-bond acceptors (Lipinski definition) is 0. The smallest absolute Gasteiger partial charge is 0.00848 e. The van der Waals surface area contributed by atoms with E-state index >= 15 is 0 Å². The average molecular weight is 216 g/mol. The van der Waals surface area contributed by atoms with Crippen LogP contribution in [0, 0.1) is 11.3 Å². The van der Waals surface area contributed by atoms with Crippen molar-refractivity contribution in [2.45, 2.75) is 52.9 Å². The molecule has 0 saturated carbocycles. The highest BCUT2D eigenvalue weighted by Crippen LogP contribution is 2.45. The molecule has 1 aliphatic carbocycles. The molecule has 0 amide bonds. The summed E-state index contributed by atoms with van der Waals surface area (Å²) < 4.78 is 0. The predicted octanol–water partition coefficient (Wildman–Crippen LogP) is 4.79. The van der Waals surface area contributed by atoms with Gasteiger partial charge in [-0.2, -0.15) is 0 Å². The second kappa shape index (κ2) is 4.24. The number of rotatable bonds is 0. The summed E-state index contributed by atoms with van der Waals surface area (Å²) in [6.07, 6.45) is 3.99. The fourth-order valence-electron chi connectivity index (χ4n) is 3.47. The fraction of sp³-hybridized carbons (Fsp3) is 0.625. The van der Waals surface area contributed by atoms with E-state index in [0.717, 1.165) is 5.92 Å².